The lowest BCUT2D eigenvalue weighted by Crippen LogP contribution is -2.29. The van der Waals surface area contributed by atoms with Gasteiger partial charge in [0, 0.05) is 32.4 Å². The average molecular weight is 585 g/mol. The van der Waals surface area contributed by atoms with Crippen molar-refractivity contribution < 1.29 is 42.7 Å². The summed E-state index contributed by atoms with van der Waals surface area (Å²) < 4.78 is 38.0. The summed E-state index contributed by atoms with van der Waals surface area (Å²) in [5, 5.41) is 5.59. The van der Waals surface area contributed by atoms with Gasteiger partial charge < -0.3 is 43.8 Å². The lowest BCUT2D eigenvalue weighted by Gasteiger charge is -2.09. The maximum Gasteiger partial charge on any atom is 0.407 e. The smallest absolute Gasteiger partial charge is 0.407 e. The van der Waals surface area contributed by atoms with Crippen LogP contribution in [0.5, 0.6) is 0 Å². The lowest BCUT2D eigenvalue weighted by molar-refractivity contribution is -0.122. The number of fused-ring (bicyclic) bond motifs is 1. The SMILES string of the molecule is CCCCNC(=O)CCOCCOCCOCCOCCOCCOCCNC(=O)OCC1C2CCC#CCCC21. The predicted octanol–water partition coefficient (Wildman–Crippen LogP) is 2.56. The highest BCUT2D eigenvalue weighted by Crippen LogP contribution is 2.52. The normalized spacial score (nSPS) is 19.3. The third-order valence-electron chi connectivity index (χ3n) is 6.95. The number of alkyl carbamates (subject to hydrolysis) is 1. The van der Waals surface area contributed by atoms with Gasteiger partial charge in [-0.2, -0.15) is 0 Å². The molecule has 0 bridgehead atoms. The molecular formula is C30H52N2O9. The Morgan fingerprint density at radius 2 is 1.15 bits per heavy atom. The van der Waals surface area contributed by atoms with Crippen molar-refractivity contribution in [1.29, 1.82) is 0 Å². The molecule has 2 amide bonds. The molecule has 1 fully saturated rings. The monoisotopic (exact) mass is 584 g/mol. The van der Waals surface area contributed by atoms with E-state index in [1.54, 1.807) is 0 Å². The molecule has 2 aliphatic rings. The number of hydrogen-bond acceptors (Lipinski definition) is 9. The van der Waals surface area contributed by atoms with E-state index in [9.17, 15) is 9.59 Å². The molecule has 0 saturated heterocycles. The molecule has 0 spiro atoms. The Morgan fingerprint density at radius 1 is 0.659 bits per heavy atom. The van der Waals surface area contributed by atoms with E-state index in [-0.39, 0.29) is 12.0 Å². The van der Waals surface area contributed by atoms with Crippen LogP contribution in [0.1, 0.15) is 51.9 Å². The van der Waals surface area contributed by atoms with Gasteiger partial charge in [0.25, 0.3) is 0 Å². The summed E-state index contributed by atoms with van der Waals surface area (Å²) in [6, 6.07) is 0. The number of rotatable bonds is 26. The van der Waals surface area contributed by atoms with E-state index in [0.29, 0.717) is 117 Å². The van der Waals surface area contributed by atoms with Gasteiger partial charge in [0.2, 0.25) is 5.91 Å². The zero-order valence-electron chi connectivity index (χ0n) is 25.0. The molecule has 0 radical (unpaired) electrons. The van der Waals surface area contributed by atoms with Gasteiger partial charge in [-0.25, -0.2) is 4.79 Å². The molecule has 236 valence electrons. The van der Waals surface area contributed by atoms with Gasteiger partial charge in [-0.15, -0.1) is 11.8 Å². The molecule has 11 heteroatoms. The van der Waals surface area contributed by atoms with E-state index < -0.39 is 0 Å². The van der Waals surface area contributed by atoms with Crippen LogP contribution < -0.4 is 10.6 Å². The second-order valence-corrected chi connectivity index (χ2v) is 10.1. The highest BCUT2D eigenvalue weighted by atomic mass is 16.6. The van der Waals surface area contributed by atoms with Gasteiger partial charge in [0.15, 0.2) is 0 Å². The average Bonchev–Trinajstić information content (AvgIpc) is 3.61. The molecular weight excluding hydrogens is 532 g/mol. The largest absolute Gasteiger partial charge is 0.449 e. The fraction of sp³-hybridized carbons (Fsp3) is 0.867. The number of amides is 2. The van der Waals surface area contributed by atoms with Crippen LogP contribution in [0.4, 0.5) is 4.79 Å². The molecule has 2 atom stereocenters. The third kappa shape index (κ3) is 19.0. The fourth-order valence-electron chi connectivity index (χ4n) is 4.59. The summed E-state index contributed by atoms with van der Waals surface area (Å²) in [5.41, 5.74) is 0. The number of hydrogen-bond donors (Lipinski definition) is 2. The van der Waals surface area contributed by atoms with Crippen LogP contribution in [0.25, 0.3) is 0 Å². The molecule has 1 saturated carbocycles. The summed E-state index contributed by atoms with van der Waals surface area (Å²) >= 11 is 0. The van der Waals surface area contributed by atoms with Crippen molar-refractivity contribution in [3.8, 4) is 11.8 Å². The number of nitrogens with one attached hydrogen (secondary N) is 2. The first-order valence-corrected chi connectivity index (χ1v) is 15.3. The van der Waals surface area contributed by atoms with Crippen molar-refractivity contribution in [3.05, 3.63) is 0 Å². The van der Waals surface area contributed by atoms with Crippen molar-refractivity contribution in [2.75, 3.05) is 99.0 Å². The number of unbranched alkanes of at least 4 members (excludes halogenated alkanes) is 1. The van der Waals surface area contributed by atoms with E-state index in [1.165, 1.54) is 0 Å². The topological polar surface area (TPSA) is 123 Å². The molecule has 41 heavy (non-hydrogen) atoms. The molecule has 2 N–H and O–H groups in total. The van der Waals surface area contributed by atoms with Crippen LogP contribution in [0.15, 0.2) is 0 Å². The fourth-order valence-corrected chi connectivity index (χ4v) is 4.59. The minimum Gasteiger partial charge on any atom is -0.449 e. The van der Waals surface area contributed by atoms with Gasteiger partial charge >= 0.3 is 6.09 Å². The first-order valence-electron chi connectivity index (χ1n) is 15.3. The lowest BCUT2D eigenvalue weighted by atomic mass is 10.1. The predicted molar refractivity (Wildman–Crippen MR) is 154 cm³/mol. The van der Waals surface area contributed by atoms with Crippen molar-refractivity contribution in [1.82, 2.24) is 10.6 Å². The summed E-state index contributed by atoms with van der Waals surface area (Å²) in [7, 11) is 0. The summed E-state index contributed by atoms with van der Waals surface area (Å²) in [4.78, 5) is 23.4. The van der Waals surface area contributed by atoms with Crippen molar-refractivity contribution in [2.24, 2.45) is 17.8 Å². The maximum atomic E-state index is 11.9. The van der Waals surface area contributed by atoms with Gasteiger partial charge in [-0.3, -0.25) is 4.79 Å². The van der Waals surface area contributed by atoms with Crippen molar-refractivity contribution in [3.63, 3.8) is 0 Å². The first-order chi connectivity index (χ1) is 20.2. The summed E-state index contributed by atoms with van der Waals surface area (Å²) in [6.07, 6.45) is 6.25. The molecule has 0 aromatic heterocycles. The van der Waals surface area contributed by atoms with Crippen LogP contribution in [-0.2, 0) is 38.0 Å². The Balaban J connectivity index is 1.21. The Kier molecular flexibility index (Phi) is 21.2. The second-order valence-electron chi connectivity index (χ2n) is 10.1. The Hall–Kier alpha value is -1.94. The van der Waals surface area contributed by atoms with Gasteiger partial charge in [-0.1, -0.05) is 13.3 Å². The summed E-state index contributed by atoms with van der Waals surface area (Å²) in [6.45, 7) is 9.29. The first kappa shape index (κ1) is 35.3. The van der Waals surface area contributed by atoms with Crippen LogP contribution in [0, 0.1) is 29.6 Å². The van der Waals surface area contributed by atoms with E-state index in [0.717, 1.165) is 45.1 Å². The van der Waals surface area contributed by atoms with Crippen LogP contribution in [0.3, 0.4) is 0 Å². The van der Waals surface area contributed by atoms with Gasteiger partial charge in [-0.05, 0) is 37.0 Å². The Morgan fingerprint density at radius 3 is 1.66 bits per heavy atom. The number of ether oxygens (including phenoxy) is 7. The number of carbonyl (C=O) groups is 2. The summed E-state index contributed by atoms with van der Waals surface area (Å²) in [5.74, 6) is 8.27. The maximum absolute atomic E-state index is 11.9. The van der Waals surface area contributed by atoms with Crippen molar-refractivity contribution in [2.45, 2.75) is 51.9 Å². The highest BCUT2D eigenvalue weighted by Gasteiger charge is 2.49. The minimum atomic E-state index is -0.379. The molecule has 0 aromatic rings. The van der Waals surface area contributed by atoms with Gasteiger partial charge in [0.05, 0.1) is 85.9 Å². The second kappa shape index (κ2) is 24.6. The third-order valence-corrected chi connectivity index (χ3v) is 6.95. The Bertz CT molecular complexity index is 725. The van der Waals surface area contributed by atoms with Gasteiger partial charge in [0.1, 0.15) is 0 Å². The Labute approximate surface area is 246 Å². The molecule has 2 unspecified atom stereocenters. The minimum absolute atomic E-state index is 0.0266. The van der Waals surface area contributed by atoms with Crippen molar-refractivity contribution >= 4 is 12.0 Å². The standard InChI is InChI=1S/C30H52N2O9/c1-2-3-11-31-29(33)10-13-35-15-17-37-19-21-39-23-24-40-22-20-38-18-16-36-14-12-32-30(34)41-25-28-26-8-6-4-5-7-9-27(26)28/h26-28H,2-3,6-25H2,1H3,(H,31,33)(H,32,34). The molecule has 11 nitrogen and oxygen atoms in total. The van der Waals surface area contributed by atoms with Crippen LogP contribution >= 0.6 is 0 Å². The molecule has 0 heterocycles. The molecule has 0 aliphatic heterocycles. The molecule has 2 rings (SSSR count). The van der Waals surface area contributed by atoms with Crippen LogP contribution in [-0.4, -0.2) is 111 Å². The van der Waals surface area contributed by atoms with E-state index in [2.05, 4.69) is 29.4 Å². The molecule has 0 aromatic carbocycles. The quantitative estimate of drug-likeness (QED) is 0.117. The van der Waals surface area contributed by atoms with Crippen LogP contribution in [0.2, 0.25) is 0 Å². The van der Waals surface area contributed by atoms with E-state index in [1.807, 2.05) is 0 Å². The highest BCUT2D eigenvalue weighted by molar-refractivity contribution is 5.75. The van der Waals surface area contributed by atoms with E-state index >= 15 is 0 Å². The number of carbonyl (C=O) groups excluding carboxylic acids is 2. The zero-order chi connectivity index (χ0) is 29.2. The zero-order valence-corrected chi connectivity index (χ0v) is 25.0. The van der Waals surface area contributed by atoms with E-state index in [4.69, 9.17) is 33.2 Å². The molecule has 2 aliphatic carbocycles.